The normalized spacial score (nSPS) is 18.9. The van der Waals surface area contributed by atoms with Crippen LogP contribution in [-0.4, -0.2) is 34.4 Å². The van der Waals surface area contributed by atoms with Crippen LogP contribution in [0.1, 0.15) is 43.0 Å². The van der Waals surface area contributed by atoms with Crippen LogP contribution < -0.4 is 5.73 Å². The molecule has 0 radical (unpaired) electrons. The molecule has 0 aromatic carbocycles. The predicted octanol–water partition coefficient (Wildman–Crippen LogP) is 2.15. The van der Waals surface area contributed by atoms with Gasteiger partial charge in [-0.15, -0.1) is 11.3 Å². The Hall–Kier alpha value is -1.56. The van der Waals surface area contributed by atoms with Crippen molar-refractivity contribution < 1.29 is 10.0 Å². The van der Waals surface area contributed by atoms with Crippen molar-refractivity contribution in [1.29, 1.82) is 0 Å². The molecule has 6 heteroatoms. The topological polar surface area (TPSA) is 78.9 Å². The SMILES string of the molecule is CC(C)N(C/C(N)=N/O)C(=O)C1CCCc2sccc21. The van der Waals surface area contributed by atoms with Gasteiger partial charge in [-0.25, -0.2) is 0 Å². The third-order valence-electron chi connectivity index (χ3n) is 3.72. The first-order valence-corrected chi connectivity index (χ1v) is 7.75. The van der Waals surface area contributed by atoms with Gasteiger partial charge >= 0.3 is 0 Å². The Labute approximate surface area is 123 Å². The van der Waals surface area contributed by atoms with E-state index in [-0.39, 0.29) is 30.2 Å². The third kappa shape index (κ3) is 2.95. The van der Waals surface area contributed by atoms with Crippen LogP contribution in [0.15, 0.2) is 16.6 Å². The van der Waals surface area contributed by atoms with Gasteiger partial charge in [-0.2, -0.15) is 0 Å². The summed E-state index contributed by atoms with van der Waals surface area (Å²) in [4.78, 5) is 15.8. The zero-order chi connectivity index (χ0) is 14.7. The maximum Gasteiger partial charge on any atom is 0.230 e. The number of carbonyl (C=O) groups excluding carboxylic acids is 1. The van der Waals surface area contributed by atoms with Crippen molar-refractivity contribution in [3.63, 3.8) is 0 Å². The molecule has 2 rings (SSSR count). The van der Waals surface area contributed by atoms with Gasteiger partial charge in [0.15, 0.2) is 5.84 Å². The molecule has 1 unspecified atom stereocenters. The van der Waals surface area contributed by atoms with Crippen LogP contribution in [0.3, 0.4) is 0 Å². The fourth-order valence-electron chi connectivity index (χ4n) is 2.66. The van der Waals surface area contributed by atoms with Gasteiger partial charge in [-0.05, 0) is 50.1 Å². The van der Waals surface area contributed by atoms with E-state index in [0.717, 1.165) is 24.8 Å². The number of carbonyl (C=O) groups is 1. The summed E-state index contributed by atoms with van der Waals surface area (Å²) < 4.78 is 0. The highest BCUT2D eigenvalue weighted by molar-refractivity contribution is 7.10. The highest BCUT2D eigenvalue weighted by Gasteiger charge is 2.32. The molecule has 5 nitrogen and oxygen atoms in total. The Morgan fingerprint density at radius 3 is 3.05 bits per heavy atom. The highest BCUT2D eigenvalue weighted by Crippen LogP contribution is 2.36. The molecule has 0 aliphatic heterocycles. The van der Waals surface area contributed by atoms with Crippen LogP contribution in [0.25, 0.3) is 0 Å². The highest BCUT2D eigenvalue weighted by atomic mass is 32.1. The lowest BCUT2D eigenvalue weighted by atomic mass is 9.86. The van der Waals surface area contributed by atoms with E-state index in [1.54, 1.807) is 16.2 Å². The second-order valence-electron chi connectivity index (χ2n) is 5.40. The number of hydrogen-bond acceptors (Lipinski definition) is 4. The smallest absolute Gasteiger partial charge is 0.230 e. The molecule has 1 aromatic heterocycles. The second-order valence-corrected chi connectivity index (χ2v) is 6.40. The lowest BCUT2D eigenvalue weighted by Crippen LogP contribution is -2.45. The number of hydrogen-bond donors (Lipinski definition) is 2. The number of amidine groups is 1. The van der Waals surface area contributed by atoms with Gasteiger partial charge in [0.25, 0.3) is 0 Å². The van der Waals surface area contributed by atoms with Gasteiger partial charge in [0.05, 0.1) is 12.5 Å². The molecule has 1 aromatic rings. The molecule has 0 saturated heterocycles. The van der Waals surface area contributed by atoms with Gasteiger partial charge in [0.2, 0.25) is 5.91 Å². The summed E-state index contributed by atoms with van der Waals surface area (Å²) in [6, 6.07) is 2.08. The summed E-state index contributed by atoms with van der Waals surface area (Å²) in [5.74, 6) is 0.0539. The molecular formula is C14H21N3O2S. The van der Waals surface area contributed by atoms with Gasteiger partial charge in [0, 0.05) is 10.9 Å². The van der Waals surface area contributed by atoms with Crippen LogP contribution in [0.2, 0.25) is 0 Å². The van der Waals surface area contributed by atoms with Crippen molar-refractivity contribution in [3.8, 4) is 0 Å². The molecule has 1 atom stereocenters. The average Bonchev–Trinajstić information content (AvgIpc) is 2.91. The summed E-state index contributed by atoms with van der Waals surface area (Å²) in [6.07, 6.45) is 2.99. The minimum Gasteiger partial charge on any atom is -0.409 e. The number of rotatable bonds is 4. The second kappa shape index (κ2) is 6.26. The van der Waals surface area contributed by atoms with Gasteiger partial charge in [-0.1, -0.05) is 5.16 Å². The van der Waals surface area contributed by atoms with Crippen LogP contribution in [0.5, 0.6) is 0 Å². The molecule has 0 saturated carbocycles. The number of oxime groups is 1. The summed E-state index contributed by atoms with van der Waals surface area (Å²) in [6.45, 7) is 4.06. The van der Waals surface area contributed by atoms with Crippen molar-refractivity contribution in [1.82, 2.24) is 4.90 Å². The first-order valence-electron chi connectivity index (χ1n) is 6.87. The Morgan fingerprint density at radius 2 is 2.40 bits per heavy atom. The molecule has 20 heavy (non-hydrogen) atoms. The Kier molecular flexibility index (Phi) is 4.65. The molecule has 1 aliphatic rings. The zero-order valence-corrected chi connectivity index (χ0v) is 12.7. The third-order valence-corrected chi connectivity index (χ3v) is 4.71. The monoisotopic (exact) mass is 295 g/mol. The predicted molar refractivity (Wildman–Crippen MR) is 80.3 cm³/mol. The van der Waals surface area contributed by atoms with Crippen LogP contribution in [0, 0.1) is 0 Å². The van der Waals surface area contributed by atoms with Crippen molar-refractivity contribution in [3.05, 3.63) is 21.9 Å². The number of thiophene rings is 1. The first kappa shape index (κ1) is 14.8. The largest absolute Gasteiger partial charge is 0.409 e. The van der Waals surface area contributed by atoms with E-state index in [4.69, 9.17) is 10.9 Å². The van der Waals surface area contributed by atoms with Gasteiger partial charge in [-0.3, -0.25) is 4.79 Å². The lowest BCUT2D eigenvalue weighted by Gasteiger charge is -2.32. The van der Waals surface area contributed by atoms with E-state index in [0.29, 0.717) is 0 Å². The van der Waals surface area contributed by atoms with Gasteiger partial charge in [0.1, 0.15) is 0 Å². The van der Waals surface area contributed by atoms with Crippen molar-refractivity contribution in [2.45, 2.75) is 45.1 Å². The maximum atomic E-state index is 12.8. The van der Waals surface area contributed by atoms with Crippen LogP contribution in [0.4, 0.5) is 0 Å². The van der Waals surface area contributed by atoms with E-state index in [9.17, 15) is 4.79 Å². The number of amides is 1. The summed E-state index contributed by atoms with van der Waals surface area (Å²) in [5.41, 5.74) is 6.73. The number of aryl methyl sites for hydroxylation is 1. The Morgan fingerprint density at radius 1 is 1.65 bits per heavy atom. The van der Waals surface area contributed by atoms with Gasteiger partial charge < -0.3 is 15.8 Å². The first-order chi connectivity index (χ1) is 9.54. The number of fused-ring (bicyclic) bond motifs is 1. The van der Waals surface area contributed by atoms with Crippen molar-refractivity contribution in [2.24, 2.45) is 10.9 Å². The van der Waals surface area contributed by atoms with E-state index in [1.165, 1.54) is 4.88 Å². The molecule has 110 valence electrons. The molecule has 1 heterocycles. The van der Waals surface area contributed by atoms with E-state index in [2.05, 4.69) is 16.6 Å². The minimum atomic E-state index is -0.0844. The van der Waals surface area contributed by atoms with E-state index in [1.807, 2.05) is 13.8 Å². The molecule has 1 aliphatic carbocycles. The van der Waals surface area contributed by atoms with E-state index >= 15 is 0 Å². The summed E-state index contributed by atoms with van der Waals surface area (Å²) in [5, 5.41) is 13.7. The average molecular weight is 295 g/mol. The van der Waals surface area contributed by atoms with E-state index < -0.39 is 0 Å². The van der Waals surface area contributed by atoms with Crippen LogP contribution >= 0.6 is 11.3 Å². The standard InChI is InChI=1S/C14H21N3O2S/c1-9(2)17(8-13(15)16-19)14(18)11-4-3-5-12-10(11)6-7-20-12/h6-7,9,11,19H,3-5,8H2,1-2H3,(H2,15,16). The van der Waals surface area contributed by atoms with Crippen molar-refractivity contribution in [2.75, 3.05) is 6.54 Å². The molecule has 3 N–H and O–H groups in total. The summed E-state index contributed by atoms with van der Waals surface area (Å²) >= 11 is 1.73. The zero-order valence-electron chi connectivity index (χ0n) is 11.9. The molecular weight excluding hydrogens is 274 g/mol. The Bertz CT molecular complexity index is 510. The Balaban J connectivity index is 2.21. The lowest BCUT2D eigenvalue weighted by molar-refractivity contribution is -0.134. The fourth-order valence-corrected chi connectivity index (χ4v) is 3.65. The molecule has 1 amide bonds. The quantitative estimate of drug-likeness (QED) is 0.386. The van der Waals surface area contributed by atoms with Crippen molar-refractivity contribution >= 4 is 23.1 Å². The van der Waals surface area contributed by atoms with Crippen LogP contribution in [-0.2, 0) is 11.2 Å². The summed E-state index contributed by atoms with van der Waals surface area (Å²) in [7, 11) is 0. The number of nitrogens with zero attached hydrogens (tertiary/aromatic N) is 2. The molecule has 0 spiro atoms. The fraction of sp³-hybridized carbons (Fsp3) is 0.571. The molecule has 0 fully saturated rings. The minimum absolute atomic E-state index is 0.0202. The maximum absolute atomic E-state index is 12.8. The molecule has 0 bridgehead atoms. The number of nitrogens with two attached hydrogens (primary N) is 1.